The number of aliphatic carboxylic acids is 1. The number of halogens is 2. The van der Waals surface area contributed by atoms with Crippen molar-refractivity contribution >= 4 is 51.9 Å². The summed E-state index contributed by atoms with van der Waals surface area (Å²) in [7, 11) is 1.58. The van der Waals surface area contributed by atoms with Gasteiger partial charge in [-0.15, -0.1) is 0 Å². The lowest BCUT2D eigenvalue weighted by molar-refractivity contribution is -0.141. The fraction of sp³-hybridized carbons (Fsp3) is 0.316. The molecular formula is C38H37Cl2N5O6. The Hall–Kier alpha value is -4.52. The van der Waals surface area contributed by atoms with Crippen LogP contribution in [0, 0.1) is 12.8 Å². The first kappa shape index (κ1) is 34.9. The molecule has 4 heterocycles. The van der Waals surface area contributed by atoms with E-state index in [1.165, 1.54) is 4.57 Å². The predicted octanol–water partition coefficient (Wildman–Crippen LogP) is 6.20. The molecule has 13 heteroatoms. The predicted molar refractivity (Wildman–Crippen MR) is 196 cm³/mol. The number of oxazole rings is 1. The molecule has 2 atom stereocenters. The van der Waals surface area contributed by atoms with Crippen LogP contribution in [0.25, 0.3) is 33.7 Å². The molecule has 1 amide bonds. The molecule has 3 N–H and O–H groups in total. The highest BCUT2D eigenvalue weighted by Gasteiger charge is 2.28. The third-order valence-electron chi connectivity index (χ3n) is 9.77. The summed E-state index contributed by atoms with van der Waals surface area (Å²) < 4.78 is 7.56. The average molecular weight is 731 g/mol. The molecule has 2 aliphatic heterocycles. The van der Waals surface area contributed by atoms with Crippen LogP contribution in [0.15, 0.2) is 70.0 Å². The Morgan fingerprint density at radius 2 is 1.67 bits per heavy atom. The number of aryl methyl sites for hydroxylation is 1. The molecule has 2 aliphatic rings. The number of nitrogens with one attached hydrogen (secondary N) is 1. The van der Waals surface area contributed by atoms with Gasteiger partial charge in [0.2, 0.25) is 5.89 Å². The van der Waals surface area contributed by atoms with Crippen molar-refractivity contribution in [1.82, 2.24) is 19.4 Å². The van der Waals surface area contributed by atoms with Gasteiger partial charge in [-0.25, -0.2) is 4.98 Å². The lowest BCUT2D eigenvalue weighted by atomic mass is 9.96. The molecular weight excluding hydrogens is 693 g/mol. The van der Waals surface area contributed by atoms with Crippen LogP contribution in [0.4, 0.5) is 5.69 Å². The van der Waals surface area contributed by atoms with E-state index in [2.05, 4.69) is 10.2 Å². The molecule has 2 aromatic heterocycles. The van der Waals surface area contributed by atoms with Gasteiger partial charge in [-0.1, -0.05) is 47.5 Å². The molecule has 3 aromatic carbocycles. The SMILES string of the molecule is Cc1c(-c2nc3cc(CN4CC[C@@H](O)C4)cc(Cl)c3o2)cccc1-c1cccc(NC(=O)c2cc(CN3CC[C@@H](C(=O)O)C3)cn(C)c2=O)c1Cl. The smallest absolute Gasteiger partial charge is 0.307 e. The largest absolute Gasteiger partial charge is 0.481 e. The second-order valence-electron chi connectivity index (χ2n) is 13.5. The number of aliphatic hydroxyl groups is 1. The maximum atomic E-state index is 13.6. The maximum absolute atomic E-state index is 13.6. The summed E-state index contributed by atoms with van der Waals surface area (Å²) in [5, 5.41) is 22.9. The molecule has 0 radical (unpaired) electrons. The summed E-state index contributed by atoms with van der Waals surface area (Å²) in [6.07, 6.45) is 2.67. The Kier molecular flexibility index (Phi) is 9.75. The summed E-state index contributed by atoms with van der Waals surface area (Å²) in [5.41, 5.74) is 5.76. The molecule has 264 valence electrons. The van der Waals surface area contributed by atoms with Crippen LogP contribution in [-0.2, 0) is 24.9 Å². The number of nitrogens with zero attached hydrogens (tertiary/aromatic N) is 4. The zero-order valence-electron chi connectivity index (χ0n) is 28.2. The minimum absolute atomic E-state index is 0.0422. The summed E-state index contributed by atoms with van der Waals surface area (Å²) in [6, 6.07) is 16.4. The van der Waals surface area contributed by atoms with Crippen molar-refractivity contribution in [2.75, 3.05) is 31.5 Å². The molecule has 11 nitrogen and oxygen atoms in total. The maximum Gasteiger partial charge on any atom is 0.307 e. The highest BCUT2D eigenvalue weighted by molar-refractivity contribution is 6.36. The normalized spacial score (nSPS) is 18.1. The highest BCUT2D eigenvalue weighted by Crippen LogP contribution is 2.40. The first-order chi connectivity index (χ1) is 24.4. The number of rotatable bonds is 9. The first-order valence-corrected chi connectivity index (χ1v) is 17.5. The Bertz CT molecular complexity index is 2230. The molecule has 0 aliphatic carbocycles. The Labute approximate surface area is 304 Å². The third kappa shape index (κ3) is 7.17. The number of hydrogen-bond acceptors (Lipinski definition) is 8. The highest BCUT2D eigenvalue weighted by atomic mass is 35.5. The first-order valence-electron chi connectivity index (χ1n) is 16.8. The van der Waals surface area contributed by atoms with Crippen molar-refractivity contribution in [3.63, 3.8) is 0 Å². The van der Waals surface area contributed by atoms with Crippen LogP contribution >= 0.6 is 23.2 Å². The molecule has 7 rings (SSSR count). The number of carbonyl (C=O) groups excluding carboxylic acids is 1. The van der Waals surface area contributed by atoms with E-state index in [0.29, 0.717) is 77.4 Å². The molecule has 0 bridgehead atoms. The molecule has 5 aromatic rings. The van der Waals surface area contributed by atoms with Crippen LogP contribution in [0.5, 0.6) is 0 Å². The number of fused-ring (bicyclic) bond motifs is 1. The molecule has 0 saturated carbocycles. The molecule has 0 spiro atoms. The van der Waals surface area contributed by atoms with Gasteiger partial charge in [0.1, 0.15) is 11.1 Å². The van der Waals surface area contributed by atoms with E-state index in [1.807, 2.05) is 48.2 Å². The Morgan fingerprint density at radius 3 is 2.41 bits per heavy atom. The van der Waals surface area contributed by atoms with Crippen molar-refractivity contribution in [1.29, 1.82) is 0 Å². The second kappa shape index (κ2) is 14.2. The van der Waals surface area contributed by atoms with Crippen LogP contribution in [-0.4, -0.2) is 73.7 Å². The van der Waals surface area contributed by atoms with Crippen molar-refractivity contribution in [3.8, 4) is 22.6 Å². The lowest BCUT2D eigenvalue weighted by Crippen LogP contribution is -2.29. The number of benzene rings is 3. The van der Waals surface area contributed by atoms with E-state index in [0.717, 1.165) is 40.8 Å². The van der Waals surface area contributed by atoms with Crippen molar-refractivity contribution in [2.45, 2.75) is 39.0 Å². The topological polar surface area (TPSA) is 141 Å². The van der Waals surface area contributed by atoms with E-state index >= 15 is 0 Å². The monoisotopic (exact) mass is 729 g/mol. The summed E-state index contributed by atoms with van der Waals surface area (Å²) >= 11 is 13.6. The van der Waals surface area contributed by atoms with Gasteiger partial charge in [0.15, 0.2) is 5.58 Å². The minimum Gasteiger partial charge on any atom is -0.481 e. The van der Waals surface area contributed by atoms with Crippen molar-refractivity contribution in [3.05, 3.63) is 103 Å². The number of aromatic nitrogens is 2. The second-order valence-corrected chi connectivity index (χ2v) is 14.2. The van der Waals surface area contributed by atoms with Gasteiger partial charge >= 0.3 is 5.97 Å². The fourth-order valence-corrected chi connectivity index (χ4v) is 7.67. The number of hydrogen-bond donors (Lipinski definition) is 3. The quantitative estimate of drug-likeness (QED) is 0.162. The van der Waals surface area contributed by atoms with E-state index in [-0.39, 0.29) is 11.7 Å². The Balaban J connectivity index is 1.13. The summed E-state index contributed by atoms with van der Waals surface area (Å²) in [6.45, 7) is 5.50. The van der Waals surface area contributed by atoms with Gasteiger partial charge in [0.05, 0.1) is 27.8 Å². The fourth-order valence-electron chi connectivity index (χ4n) is 7.12. The summed E-state index contributed by atoms with van der Waals surface area (Å²) in [5.74, 6) is -1.44. The molecule has 51 heavy (non-hydrogen) atoms. The molecule has 2 saturated heterocycles. The van der Waals surface area contributed by atoms with E-state index in [9.17, 15) is 24.6 Å². The Morgan fingerprint density at radius 1 is 0.961 bits per heavy atom. The number of carbonyl (C=O) groups is 2. The zero-order valence-corrected chi connectivity index (χ0v) is 29.7. The average Bonchev–Trinajstić information content (AvgIpc) is 3.84. The van der Waals surface area contributed by atoms with Gasteiger partial charge in [-0.05, 0) is 78.9 Å². The number of carboxylic acids is 1. The summed E-state index contributed by atoms with van der Waals surface area (Å²) in [4.78, 5) is 47.0. The van der Waals surface area contributed by atoms with E-state index < -0.39 is 23.4 Å². The van der Waals surface area contributed by atoms with Crippen molar-refractivity contribution < 1.29 is 24.2 Å². The third-order valence-corrected chi connectivity index (χ3v) is 10.5. The van der Waals surface area contributed by atoms with E-state index in [4.69, 9.17) is 32.6 Å². The number of carboxylic acid groups (broad SMARTS) is 1. The van der Waals surface area contributed by atoms with Crippen LogP contribution in [0.2, 0.25) is 10.0 Å². The lowest BCUT2D eigenvalue weighted by Gasteiger charge is -2.17. The van der Waals surface area contributed by atoms with Gasteiger partial charge in [-0.2, -0.15) is 0 Å². The van der Waals surface area contributed by atoms with Gasteiger partial charge in [0, 0.05) is 57.1 Å². The number of pyridine rings is 1. The van der Waals surface area contributed by atoms with Gasteiger partial charge in [0.25, 0.3) is 11.5 Å². The number of β-amino-alcohol motifs (C(OH)–C–C–N with tert-alkyl or cyclic N) is 1. The number of amides is 1. The van der Waals surface area contributed by atoms with Crippen molar-refractivity contribution in [2.24, 2.45) is 13.0 Å². The van der Waals surface area contributed by atoms with Gasteiger partial charge in [-0.3, -0.25) is 24.2 Å². The van der Waals surface area contributed by atoms with Crippen LogP contribution < -0.4 is 10.9 Å². The number of aliphatic hydroxyl groups excluding tert-OH is 1. The van der Waals surface area contributed by atoms with Crippen LogP contribution in [0.1, 0.15) is 39.9 Å². The van der Waals surface area contributed by atoms with E-state index in [1.54, 1.807) is 31.4 Å². The number of likely N-dealkylation sites (tertiary alicyclic amines) is 2. The molecule has 0 unspecified atom stereocenters. The standard InChI is InChI=1S/C38H37Cl2N5O6/c1-21-26(5-3-6-27(21)36-42-32-15-22(14-30(39)34(32)51-36)17-45-12-10-25(46)20-45)28-7-4-8-31(33(28)40)41-35(47)29-13-23(16-43(2)37(29)48)18-44-11-9-24(19-44)38(49)50/h3-8,13-16,24-25,46H,9-12,17-20H2,1-2H3,(H,41,47)(H,49,50)/t24-,25-/m1/s1. The van der Waals surface area contributed by atoms with Gasteiger partial charge < -0.3 is 24.5 Å². The molecule has 2 fully saturated rings. The number of anilines is 1. The van der Waals surface area contributed by atoms with Crippen LogP contribution in [0.3, 0.4) is 0 Å². The minimum atomic E-state index is -0.819. The zero-order chi connectivity index (χ0) is 36.0.